The predicted octanol–water partition coefficient (Wildman–Crippen LogP) is 2.81. The van der Waals surface area contributed by atoms with Gasteiger partial charge in [-0.25, -0.2) is 8.42 Å². The van der Waals surface area contributed by atoms with E-state index >= 15 is 0 Å². The molecular formula is C15H20ClNO2S. The molecule has 3 rings (SSSR count). The summed E-state index contributed by atoms with van der Waals surface area (Å²) < 4.78 is 27.0. The van der Waals surface area contributed by atoms with Crippen molar-refractivity contribution in [2.45, 2.75) is 42.9 Å². The minimum absolute atomic E-state index is 0.0847. The lowest BCUT2D eigenvalue weighted by Crippen LogP contribution is -2.43. The van der Waals surface area contributed by atoms with E-state index in [9.17, 15) is 8.42 Å². The van der Waals surface area contributed by atoms with E-state index < -0.39 is 10.0 Å². The van der Waals surface area contributed by atoms with Gasteiger partial charge in [0.15, 0.2) is 0 Å². The molecule has 1 heterocycles. The first kappa shape index (κ1) is 14.4. The van der Waals surface area contributed by atoms with Crippen LogP contribution in [0.25, 0.3) is 0 Å². The van der Waals surface area contributed by atoms with Gasteiger partial charge in [-0.15, -0.1) is 11.6 Å². The highest BCUT2D eigenvalue weighted by Gasteiger charge is 2.33. The Balaban J connectivity index is 1.88. The second kappa shape index (κ2) is 5.32. The second-order valence-corrected chi connectivity index (χ2v) is 8.43. The molecule has 1 aromatic carbocycles. The average molecular weight is 314 g/mol. The molecule has 1 fully saturated rings. The number of hydrogen-bond acceptors (Lipinski definition) is 2. The molecule has 0 aromatic heterocycles. The molecule has 0 amide bonds. The van der Waals surface area contributed by atoms with Gasteiger partial charge in [0.2, 0.25) is 10.0 Å². The van der Waals surface area contributed by atoms with E-state index in [0.717, 1.165) is 25.7 Å². The zero-order valence-electron chi connectivity index (χ0n) is 11.7. The largest absolute Gasteiger partial charge is 0.243 e. The molecule has 2 unspecified atom stereocenters. The molecule has 0 bridgehead atoms. The second-order valence-electron chi connectivity index (χ2n) is 5.93. The summed E-state index contributed by atoms with van der Waals surface area (Å²) in [5.41, 5.74) is 2.50. The molecule has 1 aromatic rings. The third-order valence-electron chi connectivity index (χ3n) is 4.47. The van der Waals surface area contributed by atoms with E-state index in [4.69, 9.17) is 11.6 Å². The van der Waals surface area contributed by atoms with Crippen LogP contribution in [0.5, 0.6) is 0 Å². The first-order valence-electron chi connectivity index (χ1n) is 7.24. The van der Waals surface area contributed by atoms with E-state index in [1.165, 1.54) is 11.1 Å². The fourth-order valence-corrected chi connectivity index (χ4v) is 4.94. The smallest absolute Gasteiger partial charge is 0.207 e. The van der Waals surface area contributed by atoms with E-state index in [1.54, 1.807) is 10.4 Å². The fraction of sp³-hybridized carbons (Fsp3) is 0.600. The lowest BCUT2D eigenvalue weighted by atomic mass is 10.0. The topological polar surface area (TPSA) is 37.4 Å². The van der Waals surface area contributed by atoms with Crippen LogP contribution >= 0.6 is 11.6 Å². The molecule has 5 heteroatoms. The summed E-state index contributed by atoms with van der Waals surface area (Å²) in [6, 6.07) is 5.61. The minimum atomic E-state index is -3.37. The van der Waals surface area contributed by atoms with E-state index in [-0.39, 0.29) is 11.3 Å². The molecule has 1 saturated heterocycles. The average Bonchev–Trinajstić information content (AvgIpc) is 2.89. The molecule has 2 aliphatic rings. The van der Waals surface area contributed by atoms with Crippen molar-refractivity contribution < 1.29 is 8.42 Å². The molecule has 20 heavy (non-hydrogen) atoms. The minimum Gasteiger partial charge on any atom is -0.207 e. The predicted molar refractivity (Wildman–Crippen MR) is 80.6 cm³/mol. The zero-order valence-corrected chi connectivity index (χ0v) is 13.3. The summed E-state index contributed by atoms with van der Waals surface area (Å²) in [5, 5.41) is 0.0847. The van der Waals surface area contributed by atoms with Crippen molar-refractivity contribution in [3.05, 3.63) is 29.3 Å². The molecular weight excluding hydrogens is 294 g/mol. The Morgan fingerprint density at radius 1 is 1.25 bits per heavy atom. The summed E-state index contributed by atoms with van der Waals surface area (Å²) in [6.07, 6.45) is 3.93. The van der Waals surface area contributed by atoms with Gasteiger partial charge < -0.3 is 0 Å². The zero-order chi connectivity index (χ0) is 14.3. The van der Waals surface area contributed by atoms with Crippen LogP contribution in [0.3, 0.4) is 0 Å². The van der Waals surface area contributed by atoms with Crippen molar-refractivity contribution in [1.29, 1.82) is 0 Å². The number of rotatable bonds is 2. The molecule has 1 aliphatic heterocycles. The summed E-state index contributed by atoms with van der Waals surface area (Å²) >= 11 is 6.18. The standard InChI is InChI=1S/C15H20ClNO2S/c1-11-10-17(8-7-15(11)16)20(18,19)14-6-5-12-3-2-4-13(12)9-14/h5-6,9,11,15H,2-4,7-8,10H2,1H3. The number of halogens is 1. The van der Waals surface area contributed by atoms with Crippen molar-refractivity contribution in [3.8, 4) is 0 Å². The Kier molecular flexibility index (Phi) is 3.82. The quantitative estimate of drug-likeness (QED) is 0.787. The van der Waals surface area contributed by atoms with E-state index in [1.807, 2.05) is 19.1 Å². The molecule has 0 spiro atoms. The van der Waals surface area contributed by atoms with Crippen molar-refractivity contribution in [1.82, 2.24) is 4.31 Å². The van der Waals surface area contributed by atoms with Gasteiger partial charge in [0.05, 0.1) is 4.90 Å². The molecule has 1 aliphatic carbocycles. The number of sulfonamides is 1. The van der Waals surface area contributed by atoms with Gasteiger partial charge in [-0.3, -0.25) is 0 Å². The molecule has 0 saturated carbocycles. The summed E-state index contributed by atoms with van der Waals surface area (Å²) in [5.74, 6) is 0.203. The van der Waals surface area contributed by atoms with E-state index in [0.29, 0.717) is 18.0 Å². The van der Waals surface area contributed by atoms with Crippen LogP contribution in [-0.4, -0.2) is 31.2 Å². The lowest BCUT2D eigenvalue weighted by Gasteiger charge is -2.33. The van der Waals surface area contributed by atoms with Crippen molar-refractivity contribution in [2.75, 3.05) is 13.1 Å². The third kappa shape index (κ3) is 2.49. The van der Waals surface area contributed by atoms with Crippen LogP contribution in [0.2, 0.25) is 0 Å². The Hall–Kier alpha value is -0.580. The Morgan fingerprint density at radius 2 is 2.00 bits per heavy atom. The first-order valence-corrected chi connectivity index (χ1v) is 9.12. The third-order valence-corrected chi connectivity index (χ3v) is 6.98. The van der Waals surface area contributed by atoms with E-state index in [2.05, 4.69) is 0 Å². The number of benzene rings is 1. The maximum Gasteiger partial charge on any atom is 0.243 e. The summed E-state index contributed by atoms with van der Waals surface area (Å²) in [4.78, 5) is 0.443. The normalized spacial score (nSPS) is 27.5. The highest BCUT2D eigenvalue weighted by atomic mass is 35.5. The number of aryl methyl sites for hydroxylation is 2. The van der Waals surface area contributed by atoms with Gasteiger partial charge in [-0.1, -0.05) is 13.0 Å². The van der Waals surface area contributed by atoms with Crippen LogP contribution in [0.4, 0.5) is 0 Å². The number of alkyl halides is 1. The van der Waals surface area contributed by atoms with Gasteiger partial charge in [0.25, 0.3) is 0 Å². The van der Waals surface area contributed by atoms with Gasteiger partial charge in [-0.05, 0) is 54.9 Å². The highest BCUT2D eigenvalue weighted by molar-refractivity contribution is 7.89. The summed E-state index contributed by atoms with van der Waals surface area (Å²) in [6.45, 7) is 3.06. The maximum absolute atomic E-state index is 12.7. The summed E-state index contributed by atoms with van der Waals surface area (Å²) in [7, 11) is -3.37. The highest BCUT2D eigenvalue weighted by Crippen LogP contribution is 2.29. The van der Waals surface area contributed by atoms with Gasteiger partial charge in [0, 0.05) is 18.5 Å². The lowest BCUT2D eigenvalue weighted by molar-refractivity contribution is 0.286. The van der Waals surface area contributed by atoms with Crippen LogP contribution < -0.4 is 0 Å². The van der Waals surface area contributed by atoms with Crippen molar-refractivity contribution >= 4 is 21.6 Å². The monoisotopic (exact) mass is 313 g/mol. The number of piperidine rings is 1. The van der Waals surface area contributed by atoms with Crippen LogP contribution in [0.1, 0.15) is 30.9 Å². The fourth-order valence-electron chi connectivity index (χ4n) is 3.15. The molecule has 0 radical (unpaired) electrons. The van der Waals surface area contributed by atoms with Crippen molar-refractivity contribution in [2.24, 2.45) is 5.92 Å². The first-order chi connectivity index (χ1) is 9.48. The molecule has 2 atom stereocenters. The van der Waals surface area contributed by atoms with Gasteiger partial charge in [-0.2, -0.15) is 4.31 Å². The molecule has 0 N–H and O–H groups in total. The van der Waals surface area contributed by atoms with Crippen molar-refractivity contribution in [3.63, 3.8) is 0 Å². The maximum atomic E-state index is 12.7. The van der Waals surface area contributed by atoms with Gasteiger partial charge >= 0.3 is 0 Å². The van der Waals surface area contributed by atoms with Gasteiger partial charge in [0.1, 0.15) is 0 Å². The SMILES string of the molecule is CC1CN(S(=O)(=O)c2ccc3c(c2)CCC3)CCC1Cl. The Morgan fingerprint density at radius 3 is 2.75 bits per heavy atom. The molecule has 3 nitrogen and oxygen atoms in total. The Labute approximate surface area is 126 Å². The van der Waals surface area contributed by atoms with Crippen LogP contribution in [-0.2, 0) is 22.9 Å². The number of nitrogens with zero attached hydrogens (tertiary/aromatic N) is 1. The van der Waals surface area contributed by atoms with Crippen LogP contribution in [0, 0.1) is 5.92 Å². The van der Waals surface area contributed by atoms with Crippen LogP contribution in [0.15, 0.2) is 23.1 Å². The Bertz CT molecular complexity index is 614. The number of fused-ring (bicyclic) bond motifs is 1. The number of hydrogen-bond donors (Lipinski definition) is 0. The molecule has 110 valence electrons.